The van der Waals surface area contributed by atoms with E-state index in [1.807, 2.05) is 0 Å². The Kier molecular flexibility index (Phi) is 5.51. The highest BCUT2D eigenvalue weighted by atomic mass is 32.2. The quantitative estimate of drug-likeness (QED) is 0.532. The predicted octanol–water partition coefficient (Wildman–Crippen LogP) is 0.726. The summed E-state index contributed by atoms with van der Waals surface area (Å²) in [5.74, 6) is -0.296. The van der Waals surface area contributed by atoms with Crippen LogP contribution in [0.2, 0.25) is 0 Å². The van der Waals surface area contributed by atoms with Crippen LogP contribution in [0.4, 0.5) is 5.69 Å². The number of carbonyl (C=O) groups excluding carboxylic acids is 1. The monoisotopic (exact) mass is 311 g/mol. The number of hydrogen-bond donors (Lipinski definition) is 3. The molecule has 7 heteroatoms. The van der Waals surface area contributed by atoms with Crippen molar-refractivity contribution in [3.63, 3.8) is 0 Å². The molecule has 1 rings (SSSR count). The van der Waals surface area contributed by atoms with Gasteiger partial charge in [0.15, 0.2) is 0 Å². The largest absolute Gasteiger partial charge is 0.399 e. The highest BCUT2D eigenvalue weighted by molar-refractivity contribution is 7.88. The molecule has 0 unspecified atom stereocenters. The summed E-state index contributed by atoms with van der Waals surface area (Å²) in [6.45, 7) is 3.57. The lowest BCUT2D eigenvalue weighted by atomic mass is 10.1. The van der Waals surface area contributed by atoms with Crippen LogP contribution < -0.4 is 15.8 Å². The van der Waals surface area contributed by atoms with Gasteiger partial charge in [0.1, 0.15) is 0 Å². The Hall–Kier alpha value is -1.86. The molecule has 1 aromatic rings. The number of benzene rings is 1. The van der Waals surface area contributed by atoms with Crippen LogP contribution >= 0.6 is 0 Å². The summed E-state index contributed by atoms with van der Waals surface area (Å²) >= 11 is 0. The third-order valence-corrected chi connectivity index (χ3v) is 3.45. The molecule has 0 atom stereocenters. The molecule has 0 bridgehead atoms. The number of sulfonamides is 1. The maximum absolute atomic E-state index is 11.7. The van der Waals surface area contributed by atoms with Crippen molar-refractivity contribution in [2.24, 2.45) is 0 Å². The van der Waals surface area contributed by atoms with E-state index in [-0.39, 0.29) is 12.5 Å². The molecule has 0 spiro atoms. The van der Waals surface area contributed by atoms with Gasteiger partial charge in [-0.05, 0) is 37.6 Å². The lowest BCUT2D eigenvalue weighted by molar-refractivity contribution is -0.116. The fourth-order valence-corrected chi connectivity index (χ4v) is 2.76. The van der Waals surface area contributed by atoms with Crippen LogP contribution in [0.5, 0.6) is 0 Å². The van der Waals surface area contributed by atoms with Gasteiger partial charge in [0.25, 0.3) is 0 Å². The molecule has 21 heavy (non-hydrogen) atoms. The topological polar surface area (TPSA) is 101 Å². The molecule has 0 saturated heterocycles. The molecule has 4 N–H and O–H groups in total. The van der Waals surface area contributed by atoms with Crippen molar-refractivity contribution >= 4 is 27.7 Å². The zero-order valence-electron chi connectivity index (χ0n) is 12.4. The van der Waals surface area contributed by atoms with Crippen LogP contribution in [0, 0.1) is 0 Å². The van der Waals surface area contributed by atoms with E-state index < -0.39 is 15.6 Å². The molecule has 0 radical (unpaired) electrons. The van der Waals surface area contributed by atoms with Crippen LogP contribution in [0.1, 0.15) is 19.4 Å². The fraction of sp³-hybridized carbons (Fsp3) is 0.357. The van der Waals surface area contributed by atoms with Crippen molar-refractivity contribution in [1.29, 1.82) is 0 Å². The van der Waals surface area contributed by atoms with E-state index in [9.17, 15) is 13.2 Å². The molecule has 0 aliphatic rings. The highest BCUT2D eigenvalue weighted by Crippen LogP contribution is 2.07. The van der Waals surface area contributed by atoms with Crippen LogP contribution in [0.15, 0.2) is 30.3 Å². The lowest BCUT2D eigenvalue weighted by Gasteiger charge is -2.24. The summed E-state index contributed by atoms with van der Waals surface area (Å²) in [6, 6.07) is 7.09. The fourth-order valence-electron chi connectivity index (χ4n) is 1.68. The Labute approximate surface area is 125 Å². The Morgan fingerprint density at radius 3 is 2.38 bits per heavy atom. The molecule has 1 aromatic carbocycles. The molecular formula is C14H21N3O3S. The van der Waals surface area contributed by atoms with E-state index in [0.29, 0.717) is 5.69 Å². The van der Waals surface area contributed by atoms with Crippen molar-refractivity contribution < 1.29 is 13.2 Å². The number of amides is 1. The third kappa shape index (κ3) is 7.48. The van der Waals surface area contributed by atoms with Crippen molar-refractivity contribution in [2.45, 2.75) is 19.4 Å². The molecule has 0 saturated carbocycles. The molecule has 0 aromatic heterocycles. The second kappa shape index (κ2) is 6.73. The smallest absolute Gasteiger partial charge is 0.244 e. The first kappa shape index (κ1) is 17.2. The second-order valence-corrected chi connectivity index (χ2v) is 7.22. The summed E-state index contributed by atoms with van der Waals surface area (Å²) < 4.78 is 24.8. The minimum atomic E-state index is -3.32. The zero-order chi connectivity index (χ0) is 16.1. The molecule has 0 heterocycles. The van der Waals surface area contributed by atoms with Gasteiger partial charge in [-0.15, -0.1) is 0 Å². The number of nitrogens with two attached hydrogens (primary N) is 1. The number of hydrogen-bond acceptors (Lipinski definition) is 4. The average Bonchev–Trinajstić information content (AvgIpc) is 2.33. The van der Waals surface area contributed by atoms with Gasteiger partial charge in [-0.2, -0.15) is 0 Å². The van der Waals surface area contributed by atoms with Gasteiger partial charge in [0.05, 0.1) is 6.26 Å². The molecule has 6 nitrogen and oxygen atoms in total. The van der Waals surface area contributed by atoms with Gasteiger partial charge < -0.3 is 11.1 Å². The van der Waals surface area contributed by atoms with E-state index >= 15 is 0 Å². The van der Waals surface area contributed by atoms with Crippen LogP contribution in [0.3, 0.4) is 0 Å². The van der Waals surface area contributed by atoms with E-state index in [4.69, 9.17) is 5.73 Å². The summed E-state index contributed by atoms with van der Waals surface area (Å²) in [5.41, 5.74) is 6.33. The molecule has 0 fully saturated rings. The first-order valence-corrected chi connectivity index (χ1v) is 8.27. The number of nitrogen functional groups attached to an aromatic ring is 1. The number of nitrogens with one attached hydrogen (secondary N) is 2. The normalized spacial score (nSPS) is 12.5. The SMILES string of the molecule is CC(C)(CNC(=O)/C=C/c1ccc(N)cc1)NS(C)(=O)=O. The molecular weight excluding hydrogens is 290 g/mol. The van der Waals surface area contributed by atoms with Crippen LogP contribution in [-0.2, 0) is 14.8 Å². The van der Waals surface area contributed by atoms with Gasteiger partial charge in [-0.3, -0.25) is 4.79 Å². The van der Waals surface area contributed by atoms with Gasteiger partial charge >= 0.3 is 0 Å². The van der Waals surface area contributed by atoms with Crippen molar-refractivity contribution in [2.75, 3.05) is 18.5 Å². The van der Waals surface area contributed by atoms with Crippen molar-refractivity contribution in [1.82, 2.24) is 10.0 Å². The second-order valence-electron chi connectivity index (χ2n) is 5.48. The maximum Gasteiger partial charge on any atom is 0.244 e. The average molecular weight is 311 g/mol. The summed E-state index contributed by atoms with van der Waals surface area (Å²) in [4.78, 5) is 11.7. The molecule has 0 aliphatic carbocycles. The number of carbonyl (C=O) groups is 1. The van der Waals surface area contributed by atoms with Gasteiger partial charge in [0, 0.05) is 23.8 Å². The van der Waals surface area contributed by atoms with Crippen molar-refractivity contribution in [3.05, 3.63) is 35.9 Å². The first-order valence-electron chi connectivity index (χ1n) is 6.38. The van der Waals surface area contributed by atoms with E-state index in [1.165, 1.54) is 6.08 Å². The highest BCUT2D eigenvalue weighted by Gasteiger charge is 2.22. The van der Waals surface area contributed by atoms with E-state index in [1.54, 1.807) is 44.2 Å². The van der Waals surface area contributed by atoms with Crippen LogP contribution in [-0.4, -0.2) is 32.7 Å². The predicted molar refractivity (Wildman–Crippen MR) is 85.0 cm³/mol. The zero-order valence-corrected chi connectivity index (χ0v) is 13.2. The van der Waals surface area contributed by atoms with Crippen LogP contribution in [0.25, 0.3) is 6.08 Å². The minimum Gasteiger partial charge on any atom is -0.399 e. The van der Waals surface area contributed by atoms with Gasteiger partial charge in [-0.25, -0.2) is 13.1 Å². The standard InChI is InChI=1S/C14H21N3O3S/c1-14(2,17-21(3,19)20)10-16-13(18)9-6-11-4-7-12(15)8-5-11/h4-9,17H,10,15H2,1-3H3,(H,16,18)/b9-6+. The van der Waals surface area contributed by atoms with Gasteiger partial charge in [0.2, 0.25) is 15.9 Å². The first-order chi connectivity index (χ1) is 9.57. The summed E-state index contributed by atoms with van der Waals surface area (Å²) in [7, 11) is -3.32. The lowest BCUT2D eigenvalue weighted by Crippen LogP contribution is -2.50. The summed E-state index contributed by atoms with van der Waals surface area (Å²) in [5, 5.41) is 2.65. The number of rotatable bonds is 6. The van der Waals surface area contributed by atoms with E-state index in [0.717, 1.165) is 11.8 Å². The third-order valence-electron chi connectivity index (χ3n) is 2.53. The molecule has 1 amide bonds. The maximum atomic E-state index is 11.7. The van der Waals surface area contributed by atoms with Gasteiger partial charge in [-0.1, -0.05) is 12.1 Å². The molecule has 116 valence electrons. The Bertz CT molecular complexity index is 619. The van der Waals surface area contributed by atoms with E-state index in [2.05, 4.69) is 10.0 Å². The Morgan fingerprint density at radius 1 is 1.29 bits per heavy atom. The number of anilines is 1. The molecule has 0 aliphatic heterocycles. The summed E-state index contributed by atoms with van der Waals surface area (Å²) in [6.07, 6.45) is 4.13. The Balaban J connectivity index is 2.52. The van der Waals surface area contributed by atoms with Crippen molar-refractivity contribution in [3.8, 4) is 0 Å². The Morgan fingerprint density at radius 2 is 1.86 bits per heavy atom. The minimum absolute atomic E-state index is 0.185.